The Hall–Kier alpha value is -2.50. The number of amides is 2. The van der Waals surface area contributed by atoms with Gasteiger partial charge in [-0.15, -0.1) is 0 Å². The smallest absolute Gasteiger partial charge is 0.308 e. The fourth-order valence-electron chi connectivity index (χ4n) is 2.66. The third kappa shape index (κ3) is 4.18. The topological polar surface area (TPSA) is 59.0 Å². The maximum absolute atomic E-state index is 12.3. The van der Waals surface area contributed by atoms with Gasteiger partial charge in [-0.2, -0.15) is 5.10 Å². The summed E-state index contributed by atoms with van der Waals surface area (Å²) in [5.74, 6) is 0. The third-order valence-corrected chi connectivity index (χ3v) is 4.58. The van der Waals surface area contributed by atoms with Crippen LogP contribution in [0.1, 0.15) is 17.0 Å². The number of carbonyl (C=O) groups excluding carboxylic acids is 1. The van der Waals surface area contributed by atoms with E-state index in [4.69, 9.17) is 23.2 Å². The lowest BCUT2D eigenvalue weighted by Crippen LogP contribution is -2.20. The number of aromatic nitrogens is 2. The average molecular weight is 389 g/mol. The number of hydrogen-bond donors (Lipinski definition) is 2. The van der Waals surface area contributed by atoms with Crippen LogP contribution in [0.3, 0.4) is 0 Å². The molecule has 0 atom stereocenters. The highest BCUT2D eigenvalue weighted by Crippen LogP contribution is 2.23. The van der Waals surface area contributed by atoms with Gasteiger partial charge in [-0.1, -0.05) is 47.5 Å². The first-order valence-corrected chi connectivity index (χ1v) is 8.80. The van der Waals surface area contributed by atoms with Gasteiger partial charge in [-0.3, -0.25) is 4.68 Å². The average Bonchev–Trinajstić information content (AvgIpc) is 2.84. The number of halogens is 2. The van der Waals surface area contributed by atoms with Crippen molar-refractivity contribution in [3.8, 4) is 0 Å². The zero-order chi connectivity index (χ0) is 18.7. The van der Waals surface area contributed by atoms with Crippen LogP contribution in [0.2, 0.25) is 10.0 Å². The van der Waals surface area contributed by atoms with Crippen LogP contribution in [0.4, 0.5) is 16.2 Å². The van der Waals surface area contributed by atoms with E-state index in [9.17, 15) is 4.79 Å². The van der Waals surface area contributed by atoms with Crippen molar-refractivity contribution in [2.24, 2.45) is 0 Å². The second kappa shape index (κ2) is 7.81. The van der Waals surface area contributed by atoms with Gasteiger partial charge in [0.25, 0.3) is 0 Å². The van der Waals surface area contributed by atoms with Crippen LogP contribution < -0.4 is 10.6 Å². The number of rotatable bonds is 4. The molecule has 5 nitrogen and oxygen atoms in total. The number of benzene rings is 2. The highest BCUT2D eigenvalue weighted by atomic mass is 35.5. The summed E-state index contributed by atoms with van der Waals surface area (Å²) < 4.78 is 1.82. The fraction of sp³-hybridized carbons (Fsp3) is 0.158. The van der Waals surface area contributed by atoms with Crippen molar-refractivity contribution in [2.75, 3.05) is 10.6 Å². The zero-order valence-corrected chi connectivity index (χ0v) is 15.9. The van der Waals surface area contributed by atoms with Crippen molar-refractivity contribution < 1.29 is 4.79 Å². The SMILES string of the molecule is Cc1nn(Cc2ccccc2Cl)c(C)c1NC(=O)Nc1cccc(Cl)c1. The van der Waals surface area contributed by atoms with Crippen LogP contribution in [-0.2, 0) is 6.54 Å². The molecule has 3 rings (SSSR count). The lowest BCUT2D eigenvalue weighted by Gasteiger charge is -2.09. The summed E-state index contributed by atoms with van der Waals surface area (Å²) in [6.07, 6.45) is 0. The van der Waals surface area contributed by atoms with E-state index >= 15 is 0 Å². The Kier molecular flexibility index (Phi) is 5.49. The molecule has 0 radical (unpaired) electrons. The minimum absolute atomic E-state index is 0.351. The molecule has 1 heterocycles. The predicted octanol–water partition coefficient (Wildman–Crippen LogP) is 5.50. The largest absolute Gasteiger partial charge is 0.323 e. The molecule has 0 saturated heterocycles. The van der Waals surface area contributed by atoms with E-state index in [1.54, 1.807) is 24.3 Å². The molecule has 3 aromatic rings. The molecule has 2 aromatic carbocycles. The first kappa shape index (κ1) is 18.3. The fourth-order valence-corrected chi connectivity index (χ4v) is 3.05. The second-order valence-electron chi connectivity index (χ2n) is 5.88. The molecule has 0 aliphatic carbocycles. The summed E-state index contributed by atoms with van der Waals surface area (Å²) in [5.41, 5.74) is 3.85. The lowest BCUT2D eigenvalue weighted by molar-refractivity contribution is 0.262. The second-order valence-corrected chi connectivity index (χ2v) is 6.73. The molecule has 2 N–H and O–H groups in total. The van der Waals surface area contributed by atoms with E-state index in [0.29, 0.717) is 28.0 Å². The van der Waals surface area contributed by atoms with Crippen LogP contribution in [0.25, 0.3) is 0 Å². The van der Waals surface area contributed by atoms with Crippen LogP contribution in [0, 0.1) is 13.8 Å². The molecular weight excluding hydrogens is 371 g/mol. The van der Waals surface area contributed by atoms with Crippen molar-refractivity contribution in [3.05, 3.63) is 75.5 Å². The van der Waals surface area contributed by atoms with Crippen molar-refractivity contribution in [2.45, 2.75) is 20.4 Å². The third-order valence-electron chi connectivity index (χ3n) is 3.98. The maximum Gasteiger partial charge on any atom is 0.323 e. The summed E-state index contributed by atoms with van der Waals surface area (Å²) in [4.78, 5) is 12.3. The van der Waals surface area contributed by atoms with Crippen molar-refractivity contribution in [1.29, 1.82) is 0 Å². The Labute approximate surface area is 161 Å². The van der Waals surface area contributed by atoms with Crippen LogP contribution >= 0.6 is 23.2 Å². The maximum atomic E-state index is 12.3. The summed E-state index contributed by atoms with van der Waals surface area (Å²) in [6, 6.07) is 14.3. The highest BCUT2D eigenvalue weighted by Gasteiger charge is 2.15. The Morgan fingerprint density at radius 3 is 2.58 bits per heavy atom. The molecule has 7 heteroatoms. The van der Waals surface area contributed by atoms with E-state index in [1.807, 2.05) is 42.8 Å². The number of hydrogen-bond acceptors (Lipinski definition) is 2. The van der Waals surface area contributed by atoms with Crippen LogP contribution in [0.15, 0.2) is 48.5 Å². The highest BCUT2D eigenvalue weighted by molar-refractivity contribution is 6.31. The van der Waals surface area contributed by atoms with E-state index in [0.717, 1.165) is 17.0 Å². The van der Waals surface area contributed by atoms with E-state index in [1.165, 1.54) is 0 Å². The normalized spacial score (nSPS) is 10.6. The number of aryl methyl sites for hydroxylation is 1. The van der Waals surface area contributed by atoms with Gasteiger partial charge in [0.15, 0.2) is 0 Å². The van der Waals surface area contributed by atoms with Gasteiger partial charge in [0.05, 0.1) is 23.6 Å². The zero-order valence-electron chi connectivity index (χ0n) is 14.4. The van der Waals surface area contributed by atoms with Crippen LogP contribution in [-0.4, -0.2) is 15.8 Å². The first-order chi connectivity index (χ1) is 12.4. The molecule has 1 aromatic heterocycles. The summed E-state index contributed by atoms with van der Waals surface area (Å²) in [5, 5.41) is 11.4. The van der Waals surface area contributed by atoms with E-state index in [2.05, 4.69) is 15.7 Å². The minimum Gasteiger partial charge on any atom is -0.308 e. The van der Waals surface area contributed by atoms with Gasteiger partial charge in [0, 0.05) is 15.7 Å². The molecule has 134 valence electrons. The Morgan fingerprint density at radius 2 is 1.85 bits per heavy atom. The molecule has 0 spiro atoms. The molecule has 0 unspecified atom stereocenters. The van der Waals surface area contributed by atoms with Crippen molar-refractivity contribution in [1.82, 2.24) is 9.78 Å². The Morgan fingerprint density at radius 1 is 1.08 bits per heavy atom. The molecule has 0 aliphatic rings. The van der Waals surface area contributed by atoms with E-state index in [-0.39, 0.29) is 6.03 Å². The molecule has 26 heavy (non-hydrogen) atoms. The number of urea groups is 1. The summed E-state index contributed by atoms with van der Waals surface area (Å²) in [7, 11) is 0. The molecule has 0 bridgehead atoms. The van der Waals surface area contributed by atoms with Gasteiger partial charge >= 0.3 is 6.03 Å². The number of nitrogens with zero attached hydrogens (tertiary/aromatic N) is 2. The van der Waals surface area contributed by atoms with E-state index < -0.39 is 0 Å². The van der Waals surface area contributed by atoms with Gasteiger partial charge in [0.1, 0.15) is 0 Å². The number of nitrogens with one attached hydrogen (secondary N) is 2. The van der Waals surface area contributed by atoms with Gasteiger partial charge < -0.3 is 10.6 Å². The molecule has 0 aliphatic heterocycles. The molecule has 0 fully saturated rings. The summed E-state index contributed by atoms with van der Waals surface area (Å²) >= 11 is 12.2. The predicted molar refractivity (Wildman–Crippen MR) is 106 cm³/mol. The Bertz CT molecular complexity index is 952. The van der Waals surface area contributed by atoms with Crippen molar-refractivity contribution >= 4 is 40.6 Å². The van der Waals surface area contributed by atoms with Gasteiger partial charge in [-0.05, 0) is 43.7 Å². The van der Waals surface area contributed by atoms with Crippen molar-refractivity contribution in [3.63, 3.8) is 0 Å². The lowest BCUT2D eigenvalue weighted by atomic mass is 10.2. The molecular formula is C19H18Cl2N4O. The standard InChI is InChI=1S/C19H18Cl2N4O/c1-12-18(23-19(26)22-16-8-5-7-15(20)10-16)13(2)25(24-12)11-14-6-3-4-9-17(14)21/h3-10H,11H2,1-2H3,(H2,22,23,26). The summed E-state index contributed by atoms with van der Waals surface area (Å²) in [6.45, 7) is 4.29. The minimum atomic E-state index is -0.351. The number of carbonyl (C=O) groups is 1. The first-order valence-electron chi connectivity index (χ1n) is 8.05. The quantitative estimate of drug-likeness (QED) is 0.619. The monoisotopic (exact) mass is 388 g/mol. The van der Waals surface area contributed by atoms with Gasteiger partial charge in [0.2, 0.25) is 0 Å². The number of anilines is 2. The Balaban J connectivity index is 1.75. The van der Waals surface area contributed by atoms with Crippen LogP contribution in [0.5, 0.6) is 0 Å². The molecule has 2 amide bonds. The molecule has 0 saturated carbocycles. The van der Waals surface area contributed by atoms with Gasteiger partial charge in [-0.25, -0.2) is 4.79 Å².